The summed E-state index contributed by atoms with van der Waals surface area (Å²) >= 11 is 0. The third-order valence-electron chi connectivity index (χ3n) is 3.36. The molecule has 1 N–H and O–H groups in total. The molecule has 0 saturated heterocycles. The molecule has 3 heteroatoms. The van der Waals surface area contributed by atoms with Crippen molar-refractivity contribution in [2.45, 2.75) is 51.7 Å². The number of rotatable bonds is 3. The first kappa shape index (κ1) is 10.7. The lowest BCUT2D eigenvalue weighted by Crippen LogP contribution is -2.20. The predicted octanol–water partition coefficient (Wildman–Crippen LogP) is 2.30. The molecule has 1 aliphatic rings. The third kappa shape index (κ3) is 2.07. The smallest absolute Gasteiger partial charge is 0.0929 e. The number of aliphatic hydroxyl groups is 1. The van der Waals surface area contributed by atoms with Gasteiger partial charge in [0.05, 0.1) is 11.8 Å². The van der Waals surface area contributed by atoms with Crippen LogP contribution in [0.4, 0.5) is 0 Å². The lowest BCUT2D eigenvalue weighted by Gasteiger charge is -2.20. The maximum Gasteiger partial charge on any atom is 0.0929 e. The fourth-order valence-corrected chi connectivity index (χ4v) is 2.48. The quantitative estimate of drug-likeness (QED) is 0.827. The van der Waals surface area contributed by atoms with E-state index in [0.717, 1.165) is 37.8 Å². The van der Waals surface area contributed by atoms with Crippen LogP contribution in [0.3, 0.4) is 0 Å². The second-order valence-electron chi connectivity index (χ2n) is 4.87. The van der Waals surface area contributed by atoms with Gasteiger partial charge >= 0.3 is 0 Å². The highest BCUT2D eigenvalue weighted by molar-refractivity contribution is 5.17. The van der Waals surface area contributed by atoms with Gasteiger partial charge in [-0.15, -0.1) is 0 Å². The molecule has 1 heterocycles. The zero-order chi connectivity index (χ0) is 10.9. The maximum atomic E-state index is 10.5. The summed E-state index contributed by atoms with van der Waals surface area (Å²) in [5.74, 6) is 0.629. The van der Waals surface area contributed by atoms with Crippen molar-refractivity contribution in [2.75, 3.05) is 0 Å². The SMILES string of the molecule is CCCn1cc(C2(O)CCC(C)C2)cn1. The molecule has 1 aliphatic carbocycles. The van der Waals surface area contributed by atoms with E-state index in [2.05, 4.69) is 18.9 Å². The largest absolute Gasteiger partial charge is 0.385 e. The predicted molar refractivity (Wildman–Crippen MR) is 59.4 cm³/mol. The van der Waals surface area contributed by atoms with Crippen molar-refractivity contribution in [1.29, 1.82) is 0 Å². The van der Waals surface area contributed by atoms with Crippen molar-refractivity contribution in [3.05, 3.63) is 18.0 Å². The van der Waals surface area contributed by atoms with E-state index in [9.17, 15) is 5.11 Å². The van der Waals surface area contributed by atoms with Crippen LogP contribution in [0.5, 0.6) is 0 Å². The standard InChI is InChI=1S/C12H20N2O/c1-3-6-14-9-11(8-13-14)12(15)5-4-10(2)7-12/h8-10,15H,3-7H2,1-2H3. The lowest BCUT2D eigenvalue weighted by molar-refractivity contribution is 0.0407. The van der Waals surface area contributed by atoms with Crippen LogP contribution in [-0.2, 0) is 12.1 Å². The van der Waals surface area contributed by atoms with Crippen molar-refractivity contribution in [3.63, 3.8) is 0 Å². The molecule has 0 spiro atoms. The Hall–Kier alpha value is -0.830. The summed E-state index contributed by atoms with van der Waals surface area (Å²) in [5, 5.41) is 14.7. The monoisotopic (exact) mass is 208 g/mol. The molecule has 2 rings (SSSR count). The number of aryl methyl sites for hydroxylation is 1. The van der Waals surface area contributed by atoms with Crippen molar-refractivity contribution in [2.24, 2.45) is 5.92 Å². The van der Waals surface area contributed by atoms with Crippen LogP contribution in [-0.4, -0.2) is 14.9 Å². The minimum Gasteiger partial charge on any atom is -0.385 e. The Balaban J connectivity index is 2.14. The van der Waals surface area contributed by atoms with E-state index in [4.69, 9.17) is 0 Å². The van der Waals surface area contributed by atoms with Crippen molar-refractivity contribution >= 4 is 0 Å². The van der Waals surface area contributed by atoms with Crippen LogP contribution in [0.2, 0.25) is 0 Å². The highest BCUT2D eigenvalue weighted by Crippen LogP contribution is 2.41. The van der Waals surface area contributed by atoms with Gasteiger partial charge in [0.25, 0.3) is 0 Å². The van der Waals surface area contributed by atoms with Gasteiger partial charge in [0.15, 0.2) is 0 Å². The number of aromatic nitrogens is 2. The van der Waals surface area contributed by atoms with Crippen LogP contribution < -0.4 is 0 Å². The number of nitrogens with zero attached hydrogens (tertiary/aromatic N) is 2. The molecule has 3 nitrogen and oxygen atoms in total. The fourth-order valence-electron chi connectivity index (χ4n) is 2.48. The molecule has 0 radical (unpaired) electrons. The zero-order valence-electron chi connectivity index (χ0n) is 9.61. The first-order chi connectivity index (χ1) is 7.14. The van der Waals surface area contributed by atoms with Crippen molar-refractivity contribution < 1.29 is 5.11 Å². The van der Waals surface area contributed by atoms with Gasteiger partial charge in [0.2, 0.25) is 0 Å². The van der Waals surface area contributed by atoms with Crippen molar-refractivity contribution in [3.8, 4) is 0 Å². The van der Waals surface area contributed by atoms with Gasteiger partial charge in [0.1, 0.15) is 0 Å². The van der Waals surface area contributed by atoms with Crippen LogP contribution in [0.15, 0.2) is 12.4 Å². The summed E-state index contributed by atoms with van der Waals surface area (Å²) < 4.78 is 1.93. The Bertz CT molecular complexity index is 334. The second-order valence-corrected chi connectivity index (χ2v) is 4.87. The van der Waals surface area contributed by atoms with Gasteiger partial charge in [0, 0.05) is 18.3 Å². The molecule has 0 aliphatic heterocycles. The van der Waals surface area contributed by atoms with E-state index in [1.807, 2.05) is 17.1 Å². The van der Waals surface area contributed by atoms with Gasteiger partial charge in [-0.05, 0) is 31.6 Å². The molecule has 1 aromatic rings. The van der Waals surface area contributed by atoms with Gasteiger partial charge in [-0.3, -0.25) is 4.68 Å². The van der Waals surface area contributed by atoms with Crippen LogP contribution in [0.1, 0.15) is 45.1 Å². The van der Waals surface area contributed by atoms with Gasteiger partial charge in [-0.25, -0.2) is 0 Å². The second kappa shape index (κ2) is 3.97. The Morgan fingerprint density at radius 3 is 3.07 bits per heavy atom. The van der Waals surface area contributed by atoms with Crippen LogP contribution >= 0.6 is 0 Å². The van der Waals surface area contributed by atoms with E-state index < -0.39 is 5.60 Å². The Morgan fingerprint density at radius 1 is 1.67 bits per heavy atom. The summed E-state index contributed by atoms with van der Waals surface area (Å²) in [6.07, 6.45) is 7.79. The molecule has 84 valence electrons. The molecule has 1 fully saturated rings. The average Bonchev–Trinajstić information content (AvgIpc) is 2.75. The Morgan fingerprint density at radius 2 is 2.47 bits per heavy atom. The van der Waals surface area contributed by atoms with Crippen LogP contribution in [0, 0.1) is 5.92 Å². The highest BCUT2D eigenvalue weighted by Gasteiger charge is 2.37. The summed E-state index contributed by atoms with van der Waals surface area (Å²) in [6, 6.07) is 0. The molecule has 0 bridgehead atoms. The molecule has 0 aromatic carbocycles. The molecule has 1 saturated carbocycles. The molecule has 2 unspecified atom stereocenters. The van der Waals surface area contributed by atoms with E-state index in [1.54, 1.807) is 0 Å². The summed E-state index contributed by atoms with van der Waals surface area (Å²) in [5.41, 5.74) is 0.395. The maximum absolute atomic E-state index is 10.5. The number of hydrogen-bond donors (Lipinski definition) is 1. The van der Waals surface area contributed by atoms with E-state index >= 15 is 0 Å². The zero-order valence-corrected chi connectivity index (χ0v) is 9.61. The summed E-state index contributed by atoms with van der Waals surface area (Å²) in [4.78, 5) is 0. The minimum absolute atomic E-state index is 0.606. The van der Waals surface area contributed by atoms with E-state index in [1.165, 1.54) is 0 Å². The van der Waals surface area contributed by atoms with Gasteiger partial charge in [-0.2, -0.15) is 5.10 Å². The normalized spacial score (nSPS) is 31.0. The molecular weight excluding hydrogens is 188 g/mol. The van der Waals surface area contributed by atoms with Gasteiger partial charge < -0.3 is 5.11 Å². The van der Waals surface area contributed by atoms with E-state index in [-0.39, 0.29) is 0 Å². The third-order valence-corrected chi connectivity index (χ3v) is 3.36. The molecule has 1 aromatic heterocycles. The first-order valence-corrected chi connectivity index (χ1v) is 5.89. The number of hydrogen-bond acceptors (Lipinski definition) is 2. The fraction of sp³-hybridized carbons (Fsp3) is 0.750. The molecule has 0 amide bonds. The van der Waals surface area contributed by atoms with E-state index in [0.29, 0.717) is 5.92 Å². The van der Waals surface area contributed by atoms with Crippen molar-refractivity contribution in [1.82, 2.24) is 9.78 Å². The lowest BCUT2D eigenvalue weighted by atomic mass is 9.94. The summed E-state index contributed by atoms with van der Waals surface area (Å²) in [7, 11) is 0. The minimum atomic E-state index is -0.606. The first-order valence-electron chi connectivity index (χ1n) is 5.89. The average molecular weight is 208 g/mol. The summed E-state index contributed by atoms with van der Waals surface area (Å²) in [6.45, 7) is 5.27. The Kier molecular flexibility index (Phi) is 2.83. The van der Waals surface area contributed by atoms with Gasteiger partial charge in [-0.1, -0.05) is 13.8 Å². The Labute approximate surface area is 91.1 Å². The highest BCUT2D eigenvalue weighted by atomic mass is 16.3. The van der Waals surface area contributed by atoms with Crippen LogP contribution in [0.25, 0.3) is 0 Å². The molecule has 2 atom stereocenters. The topological polar surface area (TPSA) is 38.0 Å². The molecule has 15 heavy (non-hydrogen) atoms. The molecular formula is C12H20N2O.